The van der Waals surface area contributed by atoms with Crippen molar-refractivity contribution < 1.29 is 24.2 Å². The van der Waals surface area contributed by atoms with Gasteiger partial charge in [-0.2, -0.15) is 5.10 Å². The number of rotatable bonds is 4. The first-order valence-corrected chi connectivity index (χ1v) is 8.00. The lowest BCUT2D eigenvalue weighted by Gasteiger charge is -2.34. The Labute approximate surface area is 150 Å². The number of nitrogens with zero attached hydrogens (tertiary/aromatic N) is 3. The van der Waals surface area contributed by atoms with Gasteiger partial charge in [0.2, 0.25) is 0 Å². The van der Waals surface area contributed by atoms with E-state index in [0.717, 1.165) is 0 Å². The van der Waals surface area contributed by atoms with Crippen LogP contribution in [0.1, 0.15) is 28.4 Å². The molecular formula is C17H20N4O5. The molecule has 2 amide bonds. The van der Waals surface area contributed by atoms with E-state index in [1.165, 1.54) is 26.2 Å². The third-order valence-electron chi connectivity index (χ3n) is 4.55. The third-order valence-corrected chi connectivity index (χ3v) is 4.55. The minimum atomic E-state index is -1.03. The van der Waals surface area contributed by atoms with E-state index in [4.69, 9.17) is 9.47 Å². The number of aromatic nitrogens is 2. The number of hydrogen-bond acceptors (Lipinski definition) is 5. The molecule has 0 radical (unpaired) electrons. The summed E-state index contributed by atoms with van der Waals surface area (Å²) < 4.78 is 10.5. The maximum atomic E-state index is 13.0. The second kappa shape index (κ2) is 6.95. The molecule has 2 heterocycles. The Kier molecular flexibility index (Phi) is 4.70. The molecule has 1 atom stereocenters. The van der Waals surface area contributed by atoms with Crippen LogP contribution in [0.3, 0.4) is 0 Å². The van der Waals surface area contributed by atoms with Crippen LogP contribution in [0.25, 0.3) is 0 Å². The highest BCUT2D eigenvalue weighted by Gasteiger charge is 2.34. The number of carbonyl (C=O) groups excluding carboxylic acids is 1. The Balaban J connectivity index is 1.92. The second-order valence-corrected chi connectivity index (χ2v) is 5.90. The van der Waals surface area contributed by atoms with Crippen molar-refractivity contribution >= 4 is 17.8 Å². The normalized spacial score (nSPS) is 16.0. The van der Waals surface area contributed by atoms with E-state index < -0.39 is 6.09 Å². The van der Waals surface area contributed by atoms with Gasteiger partial charge in [0.15, 0.2) is 11.5 Å². The lowest BCUT2D eigenvalue weighted by molar-refractivity contribution is 0.0977. The first-order valence-electron chi connectivity index (χ1n) is 8.00. The fraction of sp³-hybridized carbons (Fsp3) is 0.353. The van der Waals surface area contributed by atoms with Gasteiger partial charge in [0.25, 0.3) is 5.91 Å². The molecule has 2 N–H and O–H groups in total. The van der Waals surface area contributed by atoms with Gasteiger partial charge in [-0.05, 0) is 24.6 Å². The van der Waals surface area contributed by atoms with Crippen LogP contribution in [0.2, 0.25) is 0 Å². The maximum absolute atomic E-state index is 13.0. The third kappa shape index (κ3) is 2.92. The molecule has 9 heteroatoms. The Morgan fingerprint density at radius 1 is 1.31 bits per heavy atom. The highest BCUT2D eigenvalue weighted by atomic mass is 16.5. The summed E-state index contributed by atoms with van der Waals surface area (Å²) in [5.41, 5.74) is 1.11. The second-order valence-electron chi connectivity index (χ2n) is 5.90. The van der Waals surface area contributed by atoms with Crippen molar-refractivity contribution in [3.8, 4) is 11.5 Å². The topological polar surface area (TPSA) is 108 Å². The van der Waals surface area contributed by atoms with Crippen molar-refractivity contribution in [2.75, 3.05) is 32.7 Å². The molecular weight excluding hydrogens is 340 g/mol. The number of methoxy groups -OCH3 is 2. The van der Waals surface area contributed by atoms with Crippen molar-refractivity contribution in [2.24, 2.45) is 0 Å². The summed E-state index contributed by atoms with van der Waals surface area (Å²) in [6, 6.07) is 4.60. The zero-order chi connectivity index (χ0) is 18.8. The summed E-state index contributed by atoms with van der Waals surface area (Å²) in [6.07, 6.45) is 1.02. The van der Waals surface area contributed by atoms with E-state index in [1.807, 2.05) is 0 Å². The van der Waals surface area contributed by atoms with Gasteiger partial charge in [0, 0.05) is 24.7 Å². The van der Waals surface area contributed by atoms with Gasteiger partial charge in [0.05, 0.1) is 26.5 Å². The van der Waals surface area contributed by atoms with Crippen LogP contribution in [0.5, 0.6) is 11.5 Å². The molecule has 1 aliphatic rings. The van der Waals surface area contributed by atoms with Gasteiger partial charge in [-0.1, -0.05) is 0 Å². The van der Waals surface area contributed by atoms with Crippen LogP contribution in [0, 0.1) is 0 Å². The van der Waals surface area contributed by atoms with Crippen LogP contribution in [0.4, 0.5) is 10.6 Å². The summed E-state index contributed by atoms with van der Waals surface area (Å²) in [5.74, 6) is 1.28. The molecule has 26 heavy (non-hydrogen) atoms. The van der Waals surface area contributed by atoms with Crippen LogP contribution in [-0.4, -0.2) is 60.0 Å². The van der Waals surface area contributed by atoms with Gasteiger partial charge in [-0.3, -0.25) is 14.8 Å². The standard InChI is InChI=1S/C17H20N4O5/c1-20(17(23)24)12-6-7-21(15-11(12)9-18-19-15)16(22)10-4-5-13(25-2)14(8-10)26-3/h4-5,8-9,12H,6-7H2,1-3H3,(H,18,19)(H,23,24). The number of carboxylic acid groups (broad SMARTS) is 1. The van der Waals surface area contributed by atoms with Crippen molar-refractivity contribution in [2.45, 2.75) is 12.5 Å². The van der Waals surface area contributed by atoms with Crippen molar-refractivity contribution in [3.63, 3.8) is 0 Å². The SMILES string of the molecule is COc1ccc(C(=O)N2CCC(N(C)C(=O)O)c3cn[nH]c32)cc1OC. The van der Waals surface area contributed by atoms with Crippen LogP contribution >= 0.6 is 0 Å². The number of ether oxygens (including phenoxy) is 2. The number of H-pyrrole nitrogens is 1. The summed E-state index contributed by atoms with van der Waals surface area (Å²) >= 11 is 0. The molecule has 1 aromatic carbocycles. The van der Waals surface area contributed by atoms with E-state index >= 15 is 0 Å². The van der Waals surface area contributed by atoms with Gasteiger partial charge < -0.3 is 19.5 Å². The Hall–Kier alpha value is -3.23. The van der Waals surface area contributed by atoms with E-state index in [9.17, 15) is 14.7 Å². The molecule has 1 aliphatic heterocycles. The molecule has 2 aromatic rings. The number of fused-ring (bicyclic) bond motifs is 1. The Morgan fingerprint density at radius 2 is 2.04 bits per heavy atom. The zero-order valence-electron chi connectivity index (χ0n) is 14.7. The van der Waals surface area contributed by atoms with E-state index in [1.54, 1.807) is 29.3 Å². The molecule has 1 aromatic heterocycles. The van der Waals surface area contributed by atoms with Crippen molar-refractivity contribution in [1.82, 2.24) is 15.1 Å². The van der Waals surface area contributed by atoms with E-state index in [0.29, 0.717) is 41.4 Å². The fourth-order valence-electron chi connectivity index (χ4n) is 3.13. The highest BCUT2D eigenvalue weighted by molar-refractivity contribution is 6.06. The molecule has 0 saturated carbocycles. The van der Waals surface area contributed by atoms with Crippen LogP contribution < -0.4 is 14.4 Å². The molecule has 0 fully saturated rings. The van der Waals surface area contributed by atoms with Gasteiger partial charge in [0.1, 0.15) is 5.82 Å². The molecule has 138 valence electrons. The quantitative estimate of drug-likeness (QED) is 0.865. The molecule has 1 unspecified atom stereocenters. The summed E-state index contributed by atoms with van der Waals surface area (Å²) in [7, 11) is 4.54. The number of carbonyl (C=O) groups is 2. The van der Waals surface area contributed by atoms with Crippen molar-refractivity contribution in [1.29, 1.82) is 0 Å². The van der Waals surface area contributed by atoms with Gasteiger partial charge in [-0.15, -0.1) is 0 Å². The molecule has 3 rings (SSSR count). The lowest BCUT2D eigenvalue weighted by atomic mass is 10.00. The Morgan fingerprint density at radius 3 is 2.69 bits per heavy atom. The van der Waals surface area contributed by atoms with Gasteiger partial charge in [-0.25, -0.2) is 4.79 Å². The fourth-order valence-corrected chi connectivity index (χ4v) is 3.13. The number of anilines is 1. The molecule has 0 bridgehead atoms. The molecule has 0 aliphatic carbocycles. The number of nitrogens with one attached hydrogen (secondary N) is 1. The summed E-state index contributed by atoms with van der Waals surface area (Å²) in [4.78, 5) is 27.1. The van der Waals surface area contributed by atoms with Gasteiger partial charge >= 0.3 is 6.09 Å². The monoisotopic (exact) mass is 360 g/mol. The highest BCUT2D eigenvalue weighted by Crippen LogP contribution is 2.36. The average Bonchev–Trinajstić information content (AvgIpc) is 3.15. The number of aromatic amines is 1. The maximum Gasteiger partial charge on any atom is 0.407 e. The lowest BCUT2D eigenvalue weighted by Crippen LogP contribution is -2.41. The predicted octanol–water partition coefficient (Wildman–Crippen LogP) is 2.13. The predicted molar refractivity (Wildman–Crippen MR) is 93.0 cm³/mol. The number of hydrogen-bond donors (Lipinski definition) is 2. The first kappa shape index (κ1) is 17.6. The smallest absolute Gasteiger partial charge is 0.407 e. The Bertz CT molecular complexity index is 834. The molecule has 9 nitrogen and oxygen atoms in total. The summed E-state index contributed by atoms with van der Waals surface area (Å²) in [5, 5.41) is 16.1. The molecule has 0 saturated heterocycles. The van der Waals surface area contributed by atoms with E-state index in [-0.39, 0.29) is 11.9 Å². The minimum Gasteiger partial charge on any atom is -0.493 e. The number of benzene rings is 1. The summed E-state index contributed by atoms with van der Waals surface area (Å²) in [6.45, 7) is 0.366. The average molecular weight is 360 g/mol. The van der Waals surface area contributed by atoms with Crippen molar-refractivity contribution in [3.05, 3.63) is 35.5 Å². The minimum absolute atomic E-state index is 0.229. The zero-order valence-corrected chi connectivity index (χ0v) is 14.7. The van der Waals surface area contributed by atoms with E-state index in [2.05, 4.69) is 10.2 Å². The van der Waals surface area contributed by atoms with Crippen LogP contribution in [0.15, 0.2) is 24.4 Å². The number of amides is 2. The molecule has 0 spiro atoms. The van der Waals surface area contributed by atoms with Crippen LogP contribution in [-0.2, 0) is 0 Å². The largest absolute Gasteiger partial charge is 0.493 e. The first-order chi connectivity index (χ1) is 12.5.